The molecule has 1 nitrogen and oxygen atoms in total. The van der Waals surface area contributed by atoms with E-state index in [1.165, 1.54) is 36.8 Å². The average molecular weight is 299 g/mol. The number of aryl methyl sites for hydroxylation is 1. The summed E-state index contributed by atoms with van der Waals surface area (Å²) in [6.07, 6.45) is 5.04. The first-order chi connectivity index (χ1) is 10.2. The molecule has 1 N–H and O–H groups in total. The van der Waals surface area contributed by atoms with Gasteiger partial charge in [-0.3, -0.25) is 0 Å². The van der Waals surface area contributed by atoms with E-state index in [9.17, 15) is 0 Å². The summed E-state index contributed by atoms with van der Waals surface area (Å²) in [7, 11) is 0. The Kier molecular flexibility index (Phi) is 4.77. The van der Waals surface area contributed by atoms with Crippen LogP contribution in [0.3, 0.4) is 0 Å². The molecule has 0 fully saturated rings. The van der Waals surface area contributed by atoms with Crippen LogP contribution in [0.5, 0.6) is 0 Å². The standard InChI is InChI=1S/C19H25NS/c1-14(2)12-15-6-8-16(9-7-15)13-20-18-4-3-5-19-17(18)10-11-21-19/h6-11,14,18,20H,3-5,12-13H2,1-2H3. The normalized spacial score (nSPS) is 18.0. The van der Waals surface area contributed by atoms with E-state index >= 15 is 0 Å². The summed E-state index contributed by atoms with van der Waals surface area (Å²) in [6, 6.07) is 12.0. The maximum atomic E-state index is 3.75. The molecular formula is C19H25NS. The molecule has 0 radical (unpaired) electrons. The number of thiophene rings is 1. The summed E-state index contributed by atoms with van der Waals surface area (Å²) in [5.41, 5.74) is 4.39. The van der Waals surface area contributed by atoms with Gasteiger partial charge in [0.2, 0.25) is 0 Å². The van der Waals surface area contributed by atoms with Gasteiger partial charge in [0.25, 0.3) is 0 Å². The van der Waals surface area contributed by atoms with E-state index < -0.39 is 0 Å². The lowest BCUT2D eigenvalue weighted by molar-refractivity contribution is 0.463. The van der Waals surface area contributed by atoms with E-state index in [1.807, 2.05) is 11.3 Å². The molecule has 0 amide bonds. The first kappa shape index (κ1) is 14.8. The van der Waals surface area contributed by atoms with Gasteiger partial charge in [0, 0.05) is 17.5 Å². The first-order valence-electron chi connectivity index (χ1n) is 8.10. The zero-order chi connectivity index (χ0) is 14.7. The molecule has 1 aromatic carbocycles. The zero-order valence-corrected chi connectivity index (χ0v) is 13.9. The van der Waals surface area contributed by atoms with Crippen molar-refractivity contribution in [2.24, 2.45) is 5.92 Å². The topological polar surface area (TPSA) is 12.0 Å². The Labute approximate surface area is 132 Å². The molecule has 1 unspecified atom stereocenters. The van der Waals surface area contributed by atoms with Gasteiger partial charge in [-0.15, -0.1) is 11.3 Å². The number of benzene rings is 1. The maximum absolute atomic E-state index is 3.75. The van der Waals surface area contributed by atoms with Crippen molar-refractivity contribution < 1.29 is 0 Å². The predicted octanol–water partition coefficient (Wildman–Crippen LogP) is 5.11. The summed E-state index contributed by atoms with van der Waals surface area (Å²) in [5, 5.41) is 5.99. The van der Waals surface area contributed by atoms with Gasteiger partial charge in [-0.2, -0.15) is 0 Å². The van der Waals surface area contributed by atoms with Crippen LogP contribution >= 0.6 is 11.3 Å². The number of rotatable bonds is 5. The molecule has 1 heterocycles. The molecule has 3 rings (SSSR count). The number of nitrogens with one attached hydrogen (secondary N) is 1. The highest BCUT2D eigenvalue weighted by atomic mass is 32.1. The summed E-state index contributed by atoms with van der Waals surface area (Å²) in [4.78, 5) is 1.59. The molecule has 0 bridgehead atoms. The van der Waals surface area contributed by atoms with Crippen LogP contribution in [0.2, 0.25) is 0 Å². The van der Waals surface area contributed by atoms with Gasteiger partial charge in [-0.05, 0) is 59.7 Å². The van der Waals surface area contributed by atoms with Crippen LogP contribution in [0.15, 0.2) is 35.7 Å². The predicted molar refractivity (Wildman–Crippen MR) is 91.8 cm³/mol. The van der Waals surface area contributed by atoms with Crippen molar-refractivity contribution in [3.05, 3.63) is 57.3 Å². The zero-order valence-electron chi connectivity index (χ0n) is 13.1. The minimum atomic E-state index is 0.551. The minimum Gasteiger partial charge on any atom is -0.306 e. The van der Waals surface area contributed by atoms with E-state index in [0.29, 0.717) is 6.04 Å². The Morgan fingerprint density at radius 3 is 2.67 bits per heavy atom. The van der Waals surface area contributed by atoms with E-state index in [4.69, 9.17) is 0 Å². The summed E-state index contributed by atoms with van der Waals surface area (Å²) >= 11 is 1.92. The second-order valence-corrected chi connectivity index (χ2v) is 7.54. The van der Waals surface area contributed by atoms with Crippen LogP contribution in [0, 0.1) is 5.92 Å². The van der Waals surface area contributed by atoms with Crippen molar-refractivity contribution in [1.82, 2.24) is 5.32 Å². The summed E-state index contributed by atoms with van der Waals surface area (Å²) < 4.78 is 0. The fourth-order valence-electron chi connectivity index (χ4n) is 3.20. The minimum absolute atomic E-state index is 0.551. The lowest BCUT2D eigenvalue weighted by Gasteiger charge is -2.24. The fourth-order valence-corrected chi connectivity index (χ4v) is 4.19. The van der Waals surface area contributed by atoms with Crippen LogP contribution in [0.25, 0.3) is 0 Å². The van der Waals surface area contributed by atoms with Crippen molar-refractivity contribution in [3.8, 4) is 0 Å². The molecule has 1 aliphatic carbocycles. The van der Waals surface area contributed by atoms with Crippen molar-refractivity contribution in [2.45, 2.75) is 52.1 Å². The highest BCUT2D eigenvalue weighted by Crippen LogP contribution is 2.33. The molecule has 2 aromatic rings. The maximum Gasteiger partial charge on any atom is 0.0334 e. The van der Waals surface area contributed by atoms with E-state index in [2.05, 4.69) is 54.9 Å². The quantitative estimate of drug-likeness (QED) is 0.808. The first-order valence-corrected chi connectivity index (χ1v) is 8.98. The molecule has 0 aliphatic heterocycles. The van der Waals surface area contributed by atoms with Crippen LogP contribution in [-0.2, 0) is 19.4 Å². The van der Waals surface area contributed by atoms with Gasteiger partial charge in [0.05, 0.1) is 0 Å². The molecule has 1 aromatic heterocycles. The average Bonchev–Trinajstić information content (AvgIpc) is 2.95. The lowest BCUT2D eigenvalue weighted by Crippen LogP contribution is -2.23. The van der Waals surface area contributed by atoms with Crippen LogP contribution in [-0.4, -0.2) is 0 Å². The highest BCUT2D eigenvalue weighted by molar-refractivity contribution is 7.10. The van der Waals surface area contributed by atoms with Crippen molar-refractivity contribution >= 4 is 11.3 Å². The van der Waals surface area contributed by atoms with Gasteiger partial charge < -0.3 is 5.32 Å². The molecule has 1 aliphatic rings. The van der Waals surface area contributed by atoms with Crippen LogP contribution in [0.1, 0.15) is 54.3 Å². The third kappa shape index (κ3) is 3.75. The van der Waals surface area contributed by atoms with Gasteiger partial charge >= 0.3 is 0 Å². The Balaban J connectivity index is 1.59. The smallest absolute Gasteiger partial charge is 0.0334 e. The summed E-state index contributed by atoms with van der Waals surface area (Å²) in [6.45, 7) is 5.52. The number of hydrogen-bond donors (Lipinski definition) is 1. The number of fused-ring (bicyclic) bond motifs is 1. The van der Waals surface area contributed by atoms with E-state index in [0.717, 1.165) is 12.5 Å². The highest BCUT2D eigenvalue weighted by Gasteiger charge is 2.20. The van der Waals surface area contributed by atoms with Gasteiger partial charge in [0.1, 0.15) is 0 Å². The molecule has 1 atom stereocenters. The second kappa shape index (κ2) is 6.76. The second-order valence-electron chi connectivity index (χ2n) is 6.54. The third-order valence-corrected chi connectivity index (χ3v) is 5.27. The van der Waals surface area contributed by atoms with Gasteiger partial charge in [0.15, 0.2) is 0 Å². The van der Waals surface area contributed by atoms with Crippen LogP contribution in [0.4, 0.5) is 0 Å². The van der Waals surface area contributed by atoms with E-state index in [1.54, 1.807) is 10.4 Å². The largest absolute Gasteiger partial charge is 0.306 e. The van der Waals surface area contributed by atoms with E-state index in [-0.39, 0.29) is 0 Å². The van der Waals surface area contributed by atoms with Crippen molar-refractivity contribution in [2.75, 3.05) is 0 Å². The summed E-state index contributed by atoms with van der Waals surface area (Å²) in [5.74, 6) is 0.730. The Morgan fingerprint density at radius 1 is 1.14 bits per heavy atom. The molecule has 0 saturated carbocycles. The monoisotopic (exact) mass is 299 g/mol. The Morgan fingerprint density at radius 2 is 1.90 bits per heavy atom. The number of hydrogen-bond acceptors (Lipinski definition) is 2. The molecule has 2 heteroatoms. The Bertz CT molecular complexity index is 568. The third-order valence-electron chi connectivity index (χ3n) is 4.27. The van der Waals surface area contributed by atoms with Crippen molar-refractivity contribution in [3.63, 3.8) is 0 Å². The lowest BCUT2D eigenvalue weighted by atomic mass is 9.94. The SMILES string of the molecule is CC(C)Cc1ccc(CNC2CCCc3sccc32)cc1. The molecule has 0 saturated heterocycles. The molecule has 21 heavy (non-hydrogen) atoms. The van der Waals surface area contributed by atoms with Gasteiger partial charge in [-0.25, -0.2) is 0 Å². The van der Waals surface area contributed by atoms with Crippen molar-refractivity contribution in [1.29, 1.82) is 0 Å². The molecular weight excluding hydrogens is 274 g/mol. The fraction of sp³-hybridized carbons (Fsp3) is 0.474. The van der Waals surface area contributed by atoms with Crippen LogP contribution < -0.4 is 5.32 Å². The Hall–Kier alpha value is -1.12. The molecule has 112 valence electrons. The van der Waals surface area contributed by atoms with Gasteiger partial charge in [-0.1, -0.05) is 38.1 Å². The molecule has 0 spiro atoms.